The summed E-state index contributed by atoms with van der Waals surface area (Å²) in [6.45, 7) is 1.63. The first kappa shape index (κ1) is 21.2. The summed E-state index contributed by atoms with van der Waals surface area (Å²) in [5, 5.41) is 18.8. The Balaban J connectivity index is 1.19. The molecule has 0 amide bonds. The van der Waals surface area contributed by atoms with Gasteiger partial charge in [-0.05, 0) is 36.8 Å². The number of aliphatic hydroxyl groups excluding tert-OH is 1. The first-order valence-electron chi connectivity index (χ1n) is 11.8. The quantitative estimate of drug-likeness (QED) is 0.492. The lowest BCUT2D eigenvalue weighted by molar-refractivity contribution is 0.0326. The minimum Gasteiger partial charge on any atom is -0.396 e. The Bertz CT molecular complexity index is 1300. The maximum absolute atomic E-state index is 9.92. The molecule has 1 aromatic carbocycles. The summed E-state index contributed by atoms with van der Waals surface area (Å²) in [7, 11) is 1.91. The minimum atomic E-state index is -0.0511. The number of aryl methyl sites for hydroxylation is 1. The molecule has 0 radical (unpaired) electrons. The van der Waals surface area contributed by atoms with Crippen molar-refractivity contribution >= 4 is 0 Å². The second-order valence-electron chi connectivity index (χ2n) is 9.65. The fourth-order valence-corrected chi connectivity index (χ4v) is 5.41. The van der Waals surface area contributed by atoms with Crippen molar-refractivity contribution in [3.8, 4) is 33.6 Å². The average molecular weight is 457 g/mol. The van der Waals surface area contributed by atoms with Crippen molar-refractivity contribution in [1.82, 2.24) is 29.5 Å². The van der Waals surface area contributed by atoms with Crippen LogP contribution in [0.1, 0.15) is 25.3 Å². The van der Waals surface area contributed by atoms with E-state index in [1.165, 1.54) is 0 Å². The van der Waals surface area contributed by atoms with Crippen molar-refractivity contribution in [2.75, 3.05) is 19.8 Å². The highest BCUT2D eigenvalue weighted by atomic mass is 16.5. The first-order chi connectivity index (χ1) is 16.6. The molecule has 6 rings (SSSR count). The molecule has 2 aliphatic rings. The number of rotatable bonds is 5. The summed E-state index contributed by atoms with van der Waals surface area (Å²) < 4.78 is 9.58. The van der Waals surface area contributed by atoms with Crippen LogP contribution in [-0.4, -0.2) is 54.5 Å². The summed E-state index contributed by atoms with van der Waals surface area (Å²) in [6, 6.07) is 8.53. The molecule has 4 heterocycles. The van der Waals surface area contributed by atoms with E-state index in [2.05, 4.69) is 43.2 Å². The van der Waals surface area contributed by atoms with E-state index in [1.54, 1.807) is 4.68 Å². The van der Waals surface area contributed by atoms with Crippen LogP contribution in [0.25, 0.3) is 33.6 Å². The van der Waals surface area contributed by atoms with E-state index in [0.29, 0.717) is 24.4 Å². The predicted octanol–water partition coefficient (Wildman–Crippen LogP) is 3.76. The van der Waals surface area contributed by atoms with Gasteiger partial charge in [-0.3, -0.25) is 9.36 Å². The van der Waals surface area contributed by atoms with Crippen LogP contribution in [0.4, 0.5) is 0 Å². The number of hydrogen-bond acceptors (Lipinski definition) is 6. The second-order valence-corrected chi connectivity index (χ2v) is 9.65. The van der Waals surface area contributed by atoms with E-state index in [9.17, 15) is 5.11 Å². The Morgan fingerprint density at radius 1 is 1.00 bits per heavy atom. The molecule has 0 bridgehead atoms. The zero-order valence-electron chi connectivity index (χ0n) is 19.2. The molecule has 1 saturated carbocycles. The number of aliphatic hydroxyl groups is 1. The average Bonchev–Trinajstić information content (AvgIpc) is 3.63. The number of nitrogens with zero attached hydrogens (tertiary/aromatic N) is 6. The second kappa shape index (κ2) is 8.45. The van der Waals surface area contributed by atoms with Gasteiger partial charge in [0.05, 0.1) is 38.3 Å². The van der Waals surface area contributed by atoms with Crippen molar-refractivity contribution in [3.63, 3.8) is 0 Å². The van der Waals surface area contributed by atoms with E-state index >= 15 is 0 Å². The van der Waals surface area contributed by atoms with Gasteiger partial charge < -0.3 is 9.84 Å². The molecule has 1 saturated heterocycles. The van der Waals surface area contributed by atoms with Gasteiger partial charge >= 0.3 is 0 Å². The van der Waals surface area contributed by atoms with E-state index < -0.39 is 0 Å². The number of ether oxygens (including phenoxy) is 1. The lowest BCUT2D eigenvalue weighted by Gasteiger charge is -2.39. The standard InChI is InChI=1S/C26H28N6O2/c1-31-13-21(11-29-31)18-3-2-4-19(7-18)25-27-9-20(10-28-25)22-12-30-32(14-22)24-5-6-26(16-33)17-34-15-23(26)8-24/h2-4,7,9-14,23-24,33H,5-6,8,15-17H2,1H3/t23-,24+,26+/m0/s1. The van der Waals surface area contributed by atoms with Crippen LogP contribution in [0.2, 0.25) is 0 Å². The van der Waals surface area contributed by atoms with Gasteiger partial charge in [0, 0.05) is 59.5 Å². The molecule has 4 aromatic rings. The van der Waals surface area contributed by atoms with Gasteiger partial charge in [0.25, 0.3) is 0 Å². The molecule has 8 nitrogen and oxygen atoms in total. The Morgan fingerprint density at radius 3 is 2.59 bits per heavy atom. The lowest BCUT2D eigenvalue weighted by atomic mass is 9.67. The van der Waals surface area contributed by atoms with Gasteiger partial charge in [0.2, 0.25) is 0 Å². The molecule has 174 valence electrons. The van der Waals surface area contributed by atoms with Gasteiger partial charge in [-0.2, -0.15) is 10.2 Å². The molecule has 0 spiro atoms. The summed E-state index contributed by atoms with van der Waals surface area (Å²) in [5.41, 5.74) is 5.03. The molecule has 8 heteroatoms. The molecule has 2 fully saturated rings. The van der Waals surface area contributed by atoms with Crippen LogP contribution in [0, 0.1) is 11.3 Å². The fraction of sp³-hybridized carbons (Fsp3) is 0.385. The maximum Gasteiger partial charge on any atom is 0.159 e. The number of aromatic nitrogens is 6. The maximum atomic E-state index is 9.92. The zero-order chi connectivity index (χ0) is 23.1. The van der Waals surface area contributed by atoms with Crippen molar-refractivity contribution in [3.05, 3.63) is 61.4 Å². The van der Waals surface area contributed by atoms with Crippen LogP contribution < -0.4 is 0 Å². The summed E-state index contributed by atoms with van der Waals surface area (Å²) >= 11 is 0. The third kappa shape index (κ3) is 3.73. The molecule has 3 aromatic heterocycles. The summed E-state index contributed by atoms with van der Waals surface area (Å²) in [4.78, 5) is 9.27. The largest absolute Gasteiger partial charge is 0.396 e. The molecule has 1 aliphatic heterocycles. The van der Waals surface area contributed by atoms with Gasteiger partial charge in [-0.25, -0.2) is 9.97 Å². The van der Waals surface area contributed by atoms with Crippen LogP contribution in [0.3, 0.4) is 0 Å². The van der Waals surface area contributed by atoms with Crippen LogP contribution in [-0.2, 0) is 11.8 Å². The topological polar surface area (TPSA) is 90.9 Å². The summed E-state index contributed by atoms with van der Waals surface area (Å²) in [6.07, 6.45) is 14.5. The van der Waals surface area contributed by atoms with Crippen molar-refractivity contribution in [2.45, 2.75) is 25.3 Å². The van der Waals surface area contributed by atoms with Crippen LogP contribution in [0.15, 0.2) is 61.4 Å². The number of benzene rings is 1. The smallest absolute Gasteiger partial charge is 0.159 e. The Labute approximate surface area is 198 Å². The van der Waals surface area contributed by atoms with Gasteiger partial charge in [-0.1, -0.05) is 18.2 Å². The molecular formula is C26H28N6O2. The van der Waals surface area contributed by atoms with Gasteiger partial charge in [-0.15, -0.1) is 0 Å². The molecule has 3 atom stereocenters. The third-order valence-corrected chi connectivity index (χ3v) is 7.54. The highest BCUT2D eigenvalue weighted by Gasteiger charge is 2.47. The molecular weight excluding hydrogens is 428 g/mol. The lowest BCUT2D eigenvalue weighted by Crippen LogP contribution is -2.39. The highest BCUT2D eigenvalue weighted by Crippen LogP contribution is 2.48. The molecule has 0 unspecified atom stereocenters. The monoisotopic (exact) mass is 456 g/mol. The first-order valence-corrected chi connectivity index (χ1v) is 11.8. The molecule has 1 N–H and O–H groups in total. The number of fused-ring (bicyclic) bond motifs is 1. The Morgan fingerprint density at radius 2 is 1.79 bits per heavy atom. The highest BCUT2D eigenvalue weighted by molar-refractivity contribution is 5.70. The Kier molecular flexibility index (Phi) is 5.27. The summed E-state index contributed by atoms with van der Waals surface area (Å²) in [5.74, 6) is 1.09. The Hall–Kier alpha value is -3.36. The van der Waals surface area contributed by atoms with Crippen LogP contribution >= 0.6 is 0 Å². The number of hydrogen-bond donors (Lipinski definition) is 1. The normalized spacial score (nSPS) is 24.3. The molecule has 1 aliphatic carbocycles. The predicted molar refractivity (Wildman–Crippen MR) is 128 cm³/mol. The van der Waals surface area contributed by atoms with E-state index in [0.717, 1.165) is 53.7 Å². The molecule has 34 heavy (non-hydrogen) atoms. The fourth-order valence-electron chi connectivity index (χ4n) is 5.41. The third-order valence-electron chi connectivity index (χ3n) is 7.54. The van der Waals surface area contributed by atoms with Gasteiger partial charge in [0.1, 0.15) is 0 Å². The van der Waals surface area contributed by atoms with Crippen molar-refractivity contribution in [1.29, 1.82) is 0 Å². The SMILES string of the molecule is Cn1cc(-c2cccc(-c3ncc(-c4cnn([C@@H]5CC[C@@]6(CO)COC[C@@H]6C5)c4)cn3)c2)cn1. The van der Waals surface area contributed by atoms with E-state index in [-0.39, 0.29) is 12.0 Å². The minimum absolute atomic E-state index is 0.0511. The van der Waals surface area contributed by atoms with Crippen LogP contribution in [0.5, 0.6) is 0 Å². The van der Waals surface area contributed by atoms with Gasteiger partial charge in [0.15, 0.2) is 5.82 Å². The van der Waals surface area contributed by atoms with E-state index in [4.69, 9.17) is 4.74 Å². The zero-order valence-corrected chi connectivity index (χ0v) is 19.2. The van der Waals surface area contributed by atoms with Crippen molar-refractivity contribution in [2.24, 2.45) is 18.4 Å². The van der Waals surface area contributed by atoms with E-state index in [1.807, 2.05) is 50.2 Å². The van der Waals surface area contributed by atoms with Crippen molar-refractivity contribution < 1.29 is 9.84 Å².